The Morgan fingerprint density at radius 3 is 2.94 bits per heavy atom. The molecule has 7 heteroatoms. The molecule has 17 heavy (non-hydrogen) atoms. The highest BCUT2D eigenvalue weighted by atomic mass is 79.9. The number of nitrogens with one attached hydrogen (secondary N) is 2. The number of hydrogen-bond donors (Lipinski definition) is 3. The van der Waals surface area contributed by atoms with Gasteiger partial charge in [0.25, 0.3) is 0 Å². The van der Waals surface area contributed by atoms with E-state index in [2.05, 4.69) is 43.5 Å². The predicted molar refractivity (Wildman–Crippen MR) is 70.8 cm³/mol. The SMILES string of the molecule is CCCNc1ncc(Br)c(NC(C)C(N)=O)n1. The highest BCUT2D eigenvalue weighted by Gasteiger charge is 2.12. The minimum Gasteiger partial charge on any atom is -0.368 e. The lowest BCUT2D eigenvalue weighted by Crippen LogP contribution is -2.33. The number of amides is 1. The van der Waals surface area contributed by atoms with E-state index < -0.39 is 11.9 Å². The van der Waals surface area contributed by atoms with Crippen LogP contribution in [0.2, 0.25) is 0 Å². The van der Waals surface area contributed by atoms with Crippen molar-refractivity contribution in [2.24, 2.45) is 5.73 Å². The summed E-state index contributed by atoms with van der Waals surface area (Å²) in [4.78, 5) is 19.3. The number of aromatic nitrogens is 2. The third-order valence-corrected chi connectivity index (χ3v) is 2.64. The lowest BCUT2D eigenvalue weighted by atomic mass is 10.3. The average molecular weight is 302 g/mol. The molecule has 0 aliphatic rings. The van der Waals surface area contributed by atoms with Crippen molar-refractivity contribution in [3.8, 4) is 0 Å². The predicted octanol–water partition coefficient (Wildman–Crippen LogP) is 1.35. The monoisotopic (exact) mass is 301 g/mol. The van der Waals surface area contributed by atoms with Crippen molar-refractivity contribution >= 4 is 33.6 Å². The Hall–Kier alpha value is -1.37. The van der Waals surface area contributed by atoms with Gasteiger partial charge in [-0.1, -0.05) is 6.92 Å². The number of carbonyl (C=O) groups is 1. The molecule has 0 bridgehead atoms. The smallest absolute Gasteiger partial charge is 0.239 e. The number of rotatable bonds is 6. The van der Waals surface area contributed by atoms with Crippen molar-refractivity contribution in [2.75, 3.05) is 17.2 Å². The van der Waals surface area contributed by atoms with E-state index in [9.17, 15) is 4.79 Å². The molecular weight excluding hydrogens is 286 g/mol. The molecule has 1 heterocycles. The first-order valence-corrected chi connectivity index (χ1v) is 6.16. The molecule has 6 nitrogen and oxygen atoms in total. The fourth-order valence-corrected chi connectivity index (χ4v) is 1.37. The van der Waals surface area contributed by atoms with Gasteiger partial charge >= 0.3 is 0 Å². The maximum Gasteiger partial charge on any atom is 0.239 e. The number of nitrogens with zero attached hydrogens (tertiary/aromatic N) is 2. The van der Waals surface area contributed by atoms with Crippen LogP contribution in [0, 0.1) is 0 Å². The summed E-state index contributed by atoms with van der Waals surface area (Å²) in [5.74, 6) is 0.637. The van der Waals surface area contributed by atoms with Gasteiger partial charge in [0, 0.05) is 12.7 Å². The first-order chi connectivity index (χ1) is 8.04. The second-order valence-electron chi connectivity index (χ2n) is 3.59. The molecule has 0 spiro atoms. The molecule has 0 aliphatic carbocycles. The van der Waals surface area contributed by atoms with E-state index in [-0.39, 0.29) is 0 Å². The largest absolute Gasteiger partial charge is 0.368 e. The standard InChI is InChI=1S/C10H16BrN5O/c1-3-4-13-10-14-5-7(11)9(16-10)15-6(2)8(12)17/h5-6H,3-4H2,1-2H3,(H2,12,17)(H2,13,14,15,16). The van der Waals surface area contributed by atoms with Gasteiger partial charge < -0.3 is 16.4 Å². The van der Waals surface area contributed by atoms with Crippen molar-refractivity contribution in [3.63, 3.8) is 0 Å². The summed E-state index contributed by atoms with van der Waals surface area (Å²) in [6, 6.07) is -0.486. The number of anilines is 2. The summed E-state index contributed by atoms with van der Waals surface area (Å²) in [5.41, 5.74) is 5.18. The summed E-state index contributed by atoms with van der Waals surface area (Å²) in [6.07, 6.45) is 2.61. The van der Waals surface area contributed by atoms with E-state index >= 15 is 0 Å². The van der Waals surface area contributed by atoms with Gasteiger partial charge in [-0.15, -0.1) is 0 Å². The number of carbonyl (C=O) groups excluding carboxylic acids is 1. The van der Waals surface area contributed by atoms with Gasteiger partial charge in [-0.25, -0.2) is 4.98 Å². The van der Waals surface area contributed by atoms with E-state index in [1.54, 1.807) is 13.1 Å². The van der Waals surface area contributed by atoms with Crippen LogP contribution >= 0.6 is 15.9 Å². The van der Waals surface area contributed by atoms with E-state index in [0.717, 1.165) is 13.0 Å². The van der Waals surface area contributed by atoms with Gasteiger partial charge in [0.2, 0.25) is 11.9 Å². The Morgan fingerprint density at radius 1 is 1.65 bits per heavy atom. The van der Waals surface area contributed by atoms with Crippen LogP contribution in [0.25, 0.3) is 0 Å². The van der Waals surface area contributed by atoms with Crippen LogP contribution in [-0.2, 0) is 4.79 Å². The highest BCUT2D eigenvalue weighted by molar-refractivity contribution is 9.10. The molecule has 1 atom stereocenters. The molecule has 94 valence electrons. The topological polar surface area (TPSA) is 92.9 Å². The van der Waals surface area contributed by atoms with Crippen molar-refractivity contribution in [1.82, 2.24) is 9.97 Å². The maximum atomic E-state index is 11.0. The zero-order valence-electron chi connectivity index (χ0n) is 9.83. The first kappa shape index (κ1) is 13.7. The minimum atomic E-state index is -0.486. The second-order valence-corrected chi connectivity index (χ2v) is 4.44. The van der Waals surface area contributed by atoms with Gasteiger partial charge in [0.15, 0.2) is 0 Å². The molecule has 0 saturated carbocycles. The van der Waals surface area contributed by atoms with Crippen molar-refractivity contribution in [1.29, 1.82) is 0 Å². The van der Waals surface area contributed by atoms with E-state index in [1.807, 2.05) is 0 Å². The number of nitrogens with two attached hydrogens (primary N) is 1. The van der Waals surface area contributed by atoms with Crippen LogP contribution in [0.15, 0.2) is 10.7 Å². The molecule has 1 rings (SSSR count). The second kappa shape index (κ2) is 6.39. The molecule has 1 aromatic rings. The van der Waals surface area contributed by atoms with E-state index in [4.69, 9.17) is 5.73 Å². The molecule has 0 saturated heterocycles. The summed E-state index contributed by atoms with van der Waals surface area (Å²) in [5, 5.41) is 5.98. The molecule has 4 N–H and O–H groups in total. The molecule has 0 radical (unpaired) electrons. The Labute approximate surface area is 109 Å². The molecule has 0 aromatic carbocycles. The lowest BCUT2D eigenvalue weighted by Gasteiger charge is -2.13. The molecule has 1 amide bonds. The minimum absolute atomic E-state index is 0.432. The first-order valence-electron chi connectivity index (χ1n) is 5.36. The summed E-state index contributed by atoms with van der Waals surface area (Å²) in [7, 11) is 0. The van der Waals surface area contributed by atoms with Gasteiger partial charge in [0.05, 0.1) is 4.47 Å². The quantitative estimate of drug-likeness (QED) is 0.737. The molecule has 0 aliphatic heterocycles. The van der Waals surface area contributed by atoms with Crippen LogP contribution in [0.4, 0.5) is 11.8 Å². The van der Waals surface area contributed by atoms with Gasteiger partial charge in [0.1, 0.15) is 11.9 Å². The van der Waals surface area contributed by atoms with Crippen LogP contribution in [0.5, 0.6) is 0 Å². The van der Waals surface area contributed by atoms with Crippen molar-refractivity contribution < 1.29 is 4.79 Å². The fraction of sp³-hybridized carbons (Fsp3) is 0.500. The van der Waals surface area contributed by atoms with Crippen molar-refractivity contribution in [3.05, 3.63) is 10.7 Å². The van der Waals surface area contributed by atoms with Gasteiger partial charge in [-0.3, -0.25) is 4.79 Å². The van der Waals surface area contributed by atoms with E-state index in [0.29, 0.717) is 16.2 Å². The summed E-state index contributed by atoms with van der Waals surface area (Å²) >= 11 is 3.31. The Morgan fingerprint density at radius 2 is 2.35 bits per heavy atom. The zero-order chi connectivity index (χ0) is 12.8. The van der Waals surface area contributed by atoms with Crippen LogP contribution in [-0.4, -0.2) is 28.5 Å². The van der Waals surface area contributed by atoms with Crippen LogP contribution < -0.4 is 16.4 Å². The molecule has 0 fully saturated rings. The maximum absolute atomic E-state index is 11.0. The normalized spacial score (nSPS) is 11.9. The number of halogens is 1. The summed E-state index contributed by atoms with van der Waals surface area (Å²) in [6.45, 7) is 4.53. The third kappa shape index (κ3) is 4.18. The van der Waals surface area contributed by atoms with Crippen LogP contribution in [0.3, 0.4) is 0 Å². The molecule has 1 unspecified atom stereocenters. The highest BCUT2D eigenvalue weighted by Crippen LogP contribution is 2.20. The average Bonchev–Trinajstić information content (AvgIpc) is 2.29. The van der Waals surface area contributed by atoms with Crippen LogP contribution in [0.1, 0.15) is 20.3 Å². The molecule has 1 aromatic heterocycles. The van der Waals surface area contributed by atoms with Gasteiger partial charge in [-0.2, -0.15) is 4.98 Å². The Bertz CT molecular complexity index is 398. The zero-order valence-corrected chi connectivity index (χ0v) is 11.4. The molecular formula is C10H16BrN5O. The third-order valence-electron chi connectivity index (χ3n) is 2.06. The summed E-state index contributed by atoms with van der Waals surface area (Å²) < 4.78 is 0.688. The lowest BCUT2D eigenvalue weighted by molar-refractivity contribution is -0.118. The Kier molecular flexibility index (Phi) is 5.14. The fourth-order valence-electron chi connectivity index (χ4n) is 1.07. The van der Waals surface area contributed by atoms with Crippen molar-refractivity contribution in [2.45, 2.75) is 26.3 Å². The number of hydrogen-bond acceptors (Lipinski definition) is 5. The van der Waals surface area contributed by atoms with E-state index in [1.165, 1.54) is 0 Å². The number of primary amides is 1. The Balaban J connectivity index is 2.79. The van der Waals surface area contributed by atoms with Gasteiger partial charge in [-0.05, 0) is 29.3 Å².